The zero-order valence-electron chi connectivity index (χ0n) is 17.1. The molecule has 0 saturated carbocycles. The van der Waals surface area contributed by atoms with Gasteiger partial charge in [-0.05, 0) is 62.9 Å². The van der Waals surface area contributed by atoms with Gasteiger partial charge in [0.1, 0.15) is 5.60 Å². The summed E-state index contributed by atoms with van der Waals surface area (Å²) in [5.41, 5.74) is 5.20. The number of aliphatic hydroxyl groups is 1. The number of fused-ring (bicyclic) bond motifs is 2. The number of anilines is 2. The standard InChI is InChI=1S/C23H29NO3/c1-15-7-10-19-18(13-15)23(5,6)17-9-8-16(11-12-25)14-20(17)24(19)21(26)27-22(2,3)4/h7-10,13-14,25H,11-12H2,1-6H3. The second-order valence-corrected chi connectivity index (χ2v) is 8.79. The second kappa shape index (κ2) is 6.68. The highest BCUT2D eigenvalue weighted by molar-refractivity contribution is 6.00. The molecule has 0 bridgehead atoms. The second-order valence-electron chi connectivity index (χ2n) is 8.79. The fraction of sp³-hybridized carbons (Fsp3) is 0.435. The lowest BCUT2D eigenvalue weighted by Gasteiger charge is -2.41. The third-order valence-electron chi connectivity index (χ3n) is 5.02. The summed E-state index contributed by atoms with van der Waals surface area (Å²) < 4.78 is 5.73. The van der Waals surface area contributed by atoms with E-state index in [2.05, 4.69) is 32.9 Å². The number of carbonyl (C=O) groups excluding carboxylic acids is 1. The van der Waals surface area contributed by atoms with Crippen molar-refractivity contribution in [3.63, 3.8) is 0 Å². The molecular weight excluding hydrogens is 338 g/mol. The number of hydrogen-bond donors (Lipinski definition) is 1. The van der Waals surface area contributed by atoms with Crippen LogP contribution in [-0.4, -0.2) is 23.4 Å². The Balaban J connectivity index is 2.23. The molecular formula is C23H29NO3. The minimum Gasteiger partial charge on any atom is -0.443 e. The van der Waals surface area contributed by atoms with E-state index in [0.29, 0.717) is 6.42 Å². The maximum atomic E-state index is 13.2. The minimum atomic E-state index is -0.586. The van der Waals surface area contributed by atoms with E-state index in [1.54, 1.807) is 4.90 Å². The lowest BCUT2D eigenvalue weighted by Crippen LogP contribution is -2.39. The Hall–Kier alpha value is -2.33. The van der Waals surface area contributed by atoms with E-state index < -0.39 is 5.60 Å². The number of aryl methyl sites for hydroxylation is 1. The van der Waals surface area contributed by atoms with Crippen LogP contribution >= 0.6 is 0 Å². The zero-order chi connectivity index (χ0) is 20.0. The summed E-state index contributed by atoms with van der Waals surface area (Å²) in [5, 5.41) is 9.34. The van der Waals surface area contributed by atoms with Gasteiger partial charge in [-0.1, -0.05) is 43.7 Å². The van der Waals surface area contributed by atoms with Gasteiger partial charge < -0.3 is 9.84 Å². The molecule has 0 unspecified atom stereocenters. The topological polar surface area (TPSA) is 49.8 Å². The van der Waals surface area contributed by atoms with Gasteiger partial charge >= 0.3 is 6.09 Å². The molecule has 2 aromatic carbocycles. The quantitative estimate of drug-likeness (QED) is 0.789. The number of nitrogens with zero attached hydrogens (tertiary/aromatic N) is 1. The molecule has 0 spiro atoms. The van der Waals surface area contributed by atoms with Gasteiger partial charge in [-0.3, -0.25) is 0 Å². The molecule has 1 heterocycles. The maximum absolute atomic E-state index is 13.2. The zero-order valence-corrected chi connectivity index (χ0v) is 17.1. The molecule has 0 aliphatic carbocycles. The molecule has 27 heavy (non-hydrogen) atoms. The van der Waals surface area contributed by atoms with Gasteiger partial charge in [0.15, 0.2) is 0 Å². The van der Waals surface area contributed by atoms with E-state index in [9.17, 15) is 9.90 Å². The summed E-state index contributed by atoms with van der Waals surface area (Å²) in [7, 11) is 0. The first kappa shape index (κ1) is 19.4. The van der Waals surface area contributed by atoms with Crippen molar-refractivity contribution in [3.05, 3.63) is 58.7 Å². The van der Waals surface area contributed by atoms with Gasteiger partial charge in [0.2, 0.25) is 0 Å². The number of benzene rings is 2. The van der Waals surface area contributed by atoms with Crippen LogP contribution in [0.4, 0.5) is 16.2 Å². The first-order chi connectivity index (χ1) is 12.5. The molecule has 144 valence electrons. The van der Waals surface area contributed by atoms with E-state index in [1.165, 1.54) is 0 Å². The van der Waals surface area contributed by atoms with Gasteiger partial charge in [-0.15, -0.1) is 0 Å². The molecule has 2 aromatic rings. The van der Waals surface area contributed by atoms with E-state index in [1.807, 2.05) is 45.0 Å². The van der Waals surface area contributed by atoms with Crippen LogP contribution in [0.5, 0.6) is 0 Å². The number of amides is 1. The van der Waals surface area contributed by atoms with Crippen LogP contribution in [0.25, 0.3) is 0 Å². The van der Waals surface area contributed by atoms with Crippen LogP contribution in [0.2, 0.25) is 0 Å². The fourth-order valence-corrected chi connectivity index (χ4v) is 3.70. The van der Waals surface area contributed by atoms with Crippen LogP contribution < -0.4 is 4.90 Å². The predicted molar refractivity (Wildman–Crippen MR) is 109 cm³/mol. The Kier molecular flexibility index (Phi) is 4.81. The Labute approximate surface area is 161 Å². The van der Waals surface area contributed by atoms with Crippen molar-refractivity contribution in [2.24, 2.45) is 0 Å². The lowest BCUT2D eigenvalue weighted by atomic mass is 9.73. The Bertz CT molecular complexity index is 878. The number of hydrogen-bond acceptors (Lipinski definition) is 3. The van der Waals surface area contributed by atoms with Crippen LogP contribution in [0.15, 0.2) is 36.4 Å². The summed E-state index contributed by atoms with van der Waals surface area (Å²) in [6, 6.07) is 12.3. The van der Waals surface area contributed by atoms with Crippen LogP contribution in [0, 0.1) is 6.92 Å². The number of ether oxygens (including phenoxy) is 1. The third-order valence-corrected chi connectivity index (χ3v) is 5.02. The molecule has 0 saturated heterocycles. The fourth-order valence-electron chi connectivity index (χ4n) is 3.70. The van der Waals surface area contributed by atoms with Crippen molar-refractivity contribution in [3.8, 4) is 0 Å². The average molecular weight is 367 g/mol. The average Bonchev–Trinajstić information content (AvgIpc) is 2.54. The van der Waals surface area contributed by atoms with Crippen molar-refractivity contribution in [2.75, 3.05) is 11.5 Å². The largest absolute Gasteiger partial charge is 0.443 e. The van der Waals surface area contributed by atoms with Gasteiger partial charge in [0.05, 0.1) is 11.4 Å². The number of rotatable bonds is 2. The Morgan fingerprint density at radius 2 is 1.78 bits per heavy atom. The molecule has 0 fully saturated rings. The molecule has 0 atom stereocenters. The van der Waals surface area contributed by atoms with Crippen molar-refractivity contribution in [1.29, 1.82) is 0 Å². The van der Waals surface area contributed by atoms with Crippen molar-refractivity contribution >= 4 is 17.5 Å². The van der Waals surface area contributed by atoms with Gasteiger partial charge in [0.25, 0.3) is 0 Å². The van der Waals surface area contributed by atoms with Crippen molar-refractivity contribution < 1.29 is 14.6 Å². The van der Waals surface area contributed by atoms with Crippen LogP contribution in [-0.2, 0) is 16.6 Å². The van der Waals surface area contributed by atoms with Crippen molar-refractivity contribution in [1.82, 2.24) is 0 Å². The normalized spacial score (nSPS) is 15.1. The van der Waals surface area contributed by atoms with Crippen LogP contribution in [0.1, 0.15) is 56.9 Å². The summed E-state index contributed by atoms with van der Waals surface area (Å²) in [5.74, 6) is 0. The third kappa shape index (κ3) is 3.59. The van der Waals surface area contributed by atoms with Crippen molar-refractivity contribution in [2.45, 2.75) is 59.0 Å². The lowest BCUT2D eigenvalue weighted by molar-refractivity contribution is 0.0597. The number of aliphatic hydroxyl groups excluding tert-OH is 1. The molecule has 1 aliphatic heterocycles. The monoisotopic (exact) mass is 367 g/mol. The molecule has 1 amide bonds. The van der Waals surface area contributed by atoms with Gasteiger partial charge in [0, 0.05) is 12.0 Å². The molecule has 0 radical (unpaired) electrons. The van der Waals surface area contributed by atoms with E-state index in [-0.39, 0.29) is 18.1 Å². The summed E-state index contributed by atoms with van der Waals surface area (Å²) in [6.07, 6.45) is 0.168. The summed E-state index contributed by atoms with van der Waals surface area (Å²) >= 11 is 0. The van der Waals surface area contributed by atoms with Gasteiger partial charge in [-0.2, -0.15) is 0 Å². The predicted octanol–water partition coefficient (Wildman–Crippen LogP) is 5.24. The Morgan fingerprint density at radius 3 is 2.41 bits per heavy atom. The van der Waals surface area contributed by atoms with E-state index >= 15 is 0 Å². The highest BCUT2D eigenvalue weighted by atomic mass is 16.6. The number of carbonyl (C=O) groups is 1. The molecule has 1 aliphatic rings. The minimum absolute atomic E-state index is 0.0738. The molecule has 4 heteroatoms. The van der Waals surface area contributed by atoms with Gasteiger partial charge in [-0.25, -0.2) is 9.69 Å². The SMILES string of the molecule is Cc1ccc2c(c1)C(C)(C)c1ccc(CCO)cc1N2C(=O)OC(C)(C)C. The first-order valence-electron chi connectivity index (χ1n) is 9.43. The molecule has 4 nitrogen and oxygen atoms in total. The molecule has 3 rings (SSSR count). The summed E-state index contributed by atoms with van der Waals surface area (Å²) in [6.45, 7) is 12.1. The smallest absolute Gasteiger partial charge is 0.419 e. The first-order valence-corrected chi connectivity index (χ1v) is 9.43. The van der Waals surface area contributed by atoms with E-state index in [0.717, 1.165) is 33.6 Å². The summed E-state index contributed by atoms with van der Waals surface area (Å²) in [4.78, 5) is 14.8. The Morgan fingerprint density at radius 1 is 1.07 bits per heavy atom. The highest BCUT2D eigenvalue weighted by Crippen LogP contribution is 2.49. The highest BCUT2D eigenvalue weighted by Gasteiger charge is 2.40. The maximum Gasteiger partial charge on any atom is 0.419 e. The molecule has 0 aromatic heterocycles. The molecule has 1 N–H and O–H groups in total. The van der Waals surface area contributed by atoms with Crippen LogP contribution in [0.3, 0.4) is 0 Å². The van der Waals surface area contributed by atoms with E-state index in [4.69, 9.17) is 4.74 Å².